The molecule has 0 atom stereocenters. The van der Waals surface area contributed by atoms with Crippen LogP contribution in [0.4, 0.5) is 10.7 Å². The first-order chi connectivity index (χ1) is 11.2. The van der Waals surface area contributed by atoms with E-state index in [1.165, 1.54) is 12.4 Å². The van der Waals surface area contributed by atoms with Gasteiger partial charge in [0.25, 0.3) is 0 Å². The molecule has 2 aromatic heterocycles. The molecule has 0 spiro atoms. The lowest BCUT2D eigenvalue weighted by Gasteiger charge is -2.17. The summed E-state index contributed by atoms with van der Waals surface area (Å²) in [6.45, 7) is 0.821. The molecule has 0 aliphatic heterocycles. The summed E-state index contributed by atoms with van der Waals surface area (Å²) in [5.41, 5.74) is 1.91. The molecule has 2 heterocycles. The van der Waals surface area contributed by atoms with Crippen molar-refractivity contribution < 1.29 is 9.90 Å². The number of hydrogen-bond acceptors (Lipinski definition) is 4. The number of rotatable bonds is 5. The lowest BCUT2D eigenvalue weighted by Crippen LogP contribution is -2.30. The molecule has 0 aliphatic carbocycles. The molecule has 116 valence electrons. The summed E-state index contributed by atoms with van der Waals surface area (Å²) < 4.78 is 1.81. The van der Waals surface area contributed by atoms with Crippen LogP contribution in [0, 0.1) is 0 Å². The smallest absolute Gasteiger partial charge is 0.414 e. The predicted octanol–water partition coefficient (Wildman–Crippen LogP) is 2.41. The Hall–Kier alpha value is -3.22. The summed E-state index contributed by atoms with van der Waals surface area (Å²) in [7, 11) is 0. The van der Waals surface area contributed by atoms with Gasteiger partial charge in [-0.25, -0.2) is 19.7 Å². The van der Waals surface area contributed by atoms with Crippen LogP contribution in [0.5, 0.6) is 0 Å². The van der Waals surface area contributed by atoms with Crippen LogP contribution in [0.3, 0.4) is 0 Å². The fourth-order valence-corrected chi connectivity index (χ4v) is 2.24. The first kappa shape index (κ1) is 14.7. The van der Waals surface area contributed by atoms with Crippen LogP contribution in [-0.2, 0) is 13.1 Å². The van der Waals surface area contributed by atoms with Crippen LogP contribution in [-0.4, -0.2) is 30.9 Å². The number of hydrogen-bond donors (Lipinski definition) is 1. The SMILES string of the molecule is O=C(O)N(Cc1cccc(Cn2cccn2)c1)c1ncccn1. The maximum Gasteiger partial charge on any atom is 0.414 e. The van der Waals surface area contributed by atoms with E-state index in [0.29, 0.717) is 6.54 Å². The molecule has 3 aromatic rings. The zero-order valence-electron chi connectivity index (χ0n) is 12.3. The predicted molar refractivity (Wildman–Crippen MR) is 84.0 cm³/mol. The second-order valence-corrected chi connectivity index (χ2v) is 4.94. The monoisotopic (exact) mass is 309 g/mol. The quantitative estimate of drug-likeness (QED) is 0.782. The van der Waals surface area contributed by atoms with Gasteiger partial charge >= 0.3 is 6.09 Å². The van der Waals surface area contributed by atoms with Crippen molar-refractivity contribution in [1.29, 1.82) is 0 Å². The summed E-state index contributed by atoms with van der Waals surface area (Å²) in [4.78, 5) is 20.6. The lowest BCUT2D eigenvalue weighted by atomic mass is 10.1. The maximum atomic E-state index is 11.5. The largest absolute Gasteiger partial charge is 0.465 e. The van der Waals surface area contributed by atoms with Crippen molar-refractivity contribution in [3.8, 4) is 0 Å². The van der Waals surface area contributed by atoms with E-state index in [1.54, 1.807) is 12.3 Å². The second kappa shape index (κ2) is 6.69. The minimum atomic E-state index is -1.09. The molecule has 7 heteroatoms. The van der Waals surface area contributed by atoms with E-state index in [9.17, 15) is 9.90 Å². The molecule has 0 saturated heterocycles. The van der Waals surface area contributed by atoms with Crippen LogP contribution >= 0.6 is 0 Å². The highest BCUT2D eigenvalue weighted by Gasteiger charge is 2.17. The number of anilines is 1. The zero-order valence-corrected chi connectivity index (χ0v) is 12.3. The molecule has 0 bridgehead atoms. The van der Waals surface area contributed by atoms with Gasteiger partial charge in [-0.3, -0.25) is 4.68 Å². The Morgan fingerprint density at radius 3 is 2.57 bits per heavy atom. The minimum absolute atomic E-state index is 0.164. The van der Waals surface area contributed by atoms with E-state index in [1.807, 2.05) is 41.2 Å². The van der Waals surface area contributed by atoms with Gasteiger partial charge in [0.1, 0.15) is 0 Å². The summed E-state index contributed by atoms with van der Waals surface area (Å²) in [6.07, 6.45) is 5.56. The summed E-state index contributed by atoms with van der Waals surface area (Å²) in [6, 6.07) is 11.2. The second-order valence-electron chi connectivity index (χ2n) is 4.94. The molecule has 0 fully saturated rings. The Morgan fingerprint density at radius 2 is 1.87 bits per heavy atom. The Balaban J connectivity index is 1.79. The van der Waals surface area contributed by atoms with E-state index in [0.717, 1.165) is 16.0 Å². The van der Waals surface area contributed by atoms with Crippen LogP contribution in [0.15, 0.2) is 61.2 Å². The first-order valence-corrected chi connectivity index (χ1v) is 7.05. The number of carboxylic acid groups (broad SMARTS) is 1. The lowest BCUT2D eigenvalue weighted by molar-refractivity contribution is 0.201. The van der Waals surface area contributed by atoms with E-state index >= 15 is 0 Å². The molecular weight excluding hydrogens is 294 g/mol. The first-order valence-electron chi connectivity index (χ1n) is 7.05. The number of amides is 1. The third kappa shape index (κ3) is 3.70. The molecule has 7 nitrogen and oxygen atoms in total. The Morgan fingerprint density at radius 1 is 1.09 bits per heavy atom. The van der Waals surface area contributed by atoms with E-state index in [-0.39, 0.29) is 12.5 Å². The molecule has 1 amide bonds. The van der Waals surface area contributed by atoms with Crippen LogP contribution in [0.25, 0.3) is 0 Å². The van der Waals surface area contributed by atoms with E-state index in [4.69, 9.17) is 0 Å². The van der Waals surface area contributed by atoms with Crippen molar-refractivity contribution in [2.75, 3.05) is 4.90 Å². The number of carbonyl (C=O) groups is 1. The van der Waals surface area contributed by atoms with Gasteiger partial charge in [-0.1, -0.05) is 24.3 Å². The van der Waals surface area contributed by atoms with E-state index < -0.39 is 6.09 Å². The van der Waals surface area contributed by atoms with Crippen molar-refractivity contribution in [1.82, 2.24) is 19.7 Å². The molecule has 0 aliphatic rings. The fraction of sp³-hybridized carbons (Fsp3) is 0.125. The molecule has 1 aromatic carbocycles. The molecule has 1 N–H and O–H groups in total. The molecule has 23 heavy (non-hydrogen) atoms. The molecular formula is C16H15N5O2. The van der Waals surface area contributed by atoms with Gasteiger partial charge in [-0.2, -0.15) is 5.10 Å². The van der Waals surface area contributed by atoms with Crippen molar-refractivity contribution in [3.63, 3.8) is 0 Å². The number of nitrogens with zero attached hydrogens (tertiary/aromatic N) is 5. The topological polar surface area (TPSA) is 84.1 Å². The normalized spacial score (nSPS) is 10.4. The van der Waals surface area contributed by atoms with Gasteiger partial charge in [0.15, 0.2) is 0 Å². The molecule has 0 radical (unpaired) electrons. The van der Waals surface area contributed by atoms with Crippen molar-refractivity contribution in [2.45, 2.75) is 13.1 Å². The van der Waals surface area contributed by atoms with Gasteiger partial charge < -0.3 is 5.11 Å². The number of aromatic nitrogens is 4. The Labute approximate surface area is 132 Å². The van der Waals surface area contributed by atoms with Crippen LogP contribution < -0.4 is 4.90 Å². The van der Waals surface area contributed by atoms with Crippen LogP contribution in [0.1, 0.15) is 11.1 Å². The summed E-state index contributed by atoms with van der Waals surface area (Å²) in [5, 5.41) is 13.6. The highest BCUT2D eigenvalue weighted by molar-refractivity contribution is 5.83. The average molecular weight is 309 g/mol. The number of benzene rings is 1. The summed E-state index contributed by atoms with van der Waals surface area (Å²) in [5.74, 6) is 0.164. The highest BCUT2D eigenvalue weighted by atomic mass is 16.4. The third-order valence-electron chi connectivity index (χ3n) is 3.26. The Kier molecular flexibility index (Phi) is 4.28. The molecule has 3 rings (SSSR count). The highest BCUT2D eigenvalue weighted by Crippen LogP contribution is 2.14. The van der Waals surface area contributed by atoms with Crippen molar-refractivity contribution in [2.24, 2.45) is 0 Å². The minimum Gasteiger partial charge on any atom is -0.465 e. The maximum absolute atomic E-state index is 11.5. The molecule has 0 saturated carbocycles. The molecule has 0 unspecified atom stereocenters. The summed E-state index contributed by atoms with van der Waals surface area (Å²) >= 11 is 0. The van der Waals surface area contributed by atoms with Crippen molar-refractivity contribution in [3.05, 3.63) is 72.3 Å². The Bertz CT molecular complexity index is 774. The zero-order chi connectivity index (χ0) is 16.1. The van der Waals surface area contributed by atoms with Gasteiger partial charge in [0.05, 0.1) is 13.1 Å². The van der Waals surface area contributed by atoms with Gasteiger partial charge in [-0.15, -0.1) is 0 Å². The average Bonchev–Trinajstić information content (AvgIpc) is 3.06. The van der Waals surface area contributed by atoms with Crippen LogP contribution in [0.2, 0.25) is 0 Å². The van der Waals surface area contributed by atoms with Crippen molar-refractivity contribution >= 4 is 12.0 Å². The van der Waals surface area contributed by atoms with Gasteiger partial charge in [0.2, 0.25) is 5.95 Å². The van der Waals surface area contributed by atoms with Gasteiger partial charge in [0, 0.05) is 24.8 Å². The third-order valence-corrected chi connectivity index (χ3v) is 3.26. The van der Waals surface area contributed by atoms with E-state index in [2.05, 4.69) is 15.1 Å². The standard InChI is InChI=1S/C16H15N5O2/c22-16(23)21(15-17-6-2-7-18-15)12-14-5-1-4-13(10-14)11-20-9-3-8-19-20/h1-10H,11-12H2,(H,22,23). The van der Waals surface area contributed by atoms with Gasteiger partial charge in [-0.05, 0) is 23.3 Å². The fourth-order valence-electron chi connectivity index (χ4n) is 2.24.